The molecule has 0 aromatic rings. The molecule has 0 radical (unpaired) electrons. The number of nitrogens with one attached hydrogen (secondary N) is 1. The van der Waals surface area contributed by atoms with Crippen LogP contribution in [-0.2, 0) is 0 Å². The molecular formula is C14H26N2. The molecule has 1 rings (SSSR count). The van der Waals surface area contributed by atoms with Crippen LogP contribution < -0.4 is 5.32 Å². The zero-order chi connectivity index (χ0) is 12.0. The number of hydrogen-bond donors (Lipinski definition) is 1. The summed E-state index contributed by atoms with van der Waals surface area (Å²) < 4.78 is 0. The van der Waals surface area contributed by atoms with Gasteiger partial charge in [0, 0.05) is 6.04 Å². The van der Waals surface area contributed by atoms with Gasteiger partial charge in [-0.1, -0.05) is 6.92 Å². The van der Waals surface area contributed by atoms with E-state index in [0.29, 0.717) is 0 Å². The van der Waals surface area contributed by atoms with Crippen molar-refractivity contribution in [2.75, 3.05) is 6.54 Å². The Morgan fingerprint density at radius 2 is 1.88 bits per heavy atom. The second-order valence-electron chi connectivity index (χ2n) is 6.01. The standard InChI is InChI=1S/C14H26N2/c1-12-5-7-13(8-6-12)16-10-4-9-14(2,3)11-15/h12-13,16H,4-10H2,1-3H3. The summed E-state index contributed by atoms with van der Waals surface area (Å²) in [5.41, 5.74) is -0.150. The molecule has 0 bridgehead atoms. The summed E-state index contributed by atoms with van der Waals surface area (Å²) in [7, 11) is 0. The van der Waals surface area contributed by atoms with Crippen LogP contribution in [0.15, 0.2) is 0 Å². The molecule has 1 aliphatic carbocycles. The van der Waals surface area contributed by atoms with Gasteiger partial charge in [-0.3, -0.25) is 0 Å². The minimum absolute atomic E-state index is 0.150. The third-order valence-corrected chi connectivity index (χ3v) is 3.73. The van der Waals surface area contributed by atoms with Gasteiger partial charge in [-0.05, 0) is 64.8 Å². The highest BCUT2D eigenvalue weighted by molar-refractivity contribution is 4.91. The van der Waals surface area contributed by atoms with Gasteiger partial charge in [-0.2, -0.15) is 5.26 Å². The van der Waals surface area contributed by atoms with Crippen molar-refractivity contribution in [1.29, 1.82) is 5.26 Å². The van der Waals surface area contributed by atoms with Crippen molar-refractivity contribution in [3.63, 3.8) is 0 Å². The molecule has 0 aliphatic heterocycles. The molecule has 92 valence electrons. The average molecular weight is 222 g/mol. The lowest BCUT2D eigenvalue weighted by molar-refractivity contribution is 0.302. The van der Waals surface area contributed by atoms with Crippen LogP contribution >= 0.6 is 0 Å². The van der Waals surface area contributed by atoms with Gasteiger partial charge in [-0.15, -0.1) is 0 Å². The van der Waals surface area contributed by atoms with E-state index in [4.69, 9.17) is 5.26 Å². The Bertz CT molecular complexity index is 232. The minimum atomic E-state index is -0.150. The van der Waals surface area contributed by atoms with E-state index < -0.39 is 0 Å². The van der Waals surface area contributed by atoms with Gasteiger partial charge < -0.3 is 5.32 Å². The summed E-state index contributed by atoms with van der Waals surface area (Å²) in [6.45, 7) is 7.47. The van der Waals surface area contributed by atoms with E-state index in [1.807, 2.05) is 13.8 Å². The van der Waals surface area contributed by atoms with Crippen LogP contribution in [0.1, 0.15) is 59.3 Å². The number of nitriles is 1. The second kappa shape index (κ2) is 6.25. The van der Waals surface area contributed by atoms with Crippen LogP contribution in [0.3, 0.4) is 0 Å². The summed E-state index contributed by atoms with van der Waals surface area (Å²) in [5, 5.41) is 12.5. The van der Waals surface area contributed by atoms with Gasteiger partial charge in [-0.25, -0.2) is 0 Å². The van der Waals surface area contributed by atoms with Gasteiger partial charge in [0.15, 0.2) is 0 Å². The molecule has 16 heavy (non-hydrogen) atoms. The molecule has 0 saturated heterocycles. The highest BCUT2D eigenvalue weighted by Gasteiger charge is 2.18. The molecule has 0 spiro atoms. The van der Waals surface area contributed by atoms with Crippen LogP contribution in [0.2, 0.25) is 0 Å². The molecule has 0 aromatic heterocycles. The fraction of sp³-hybridized carbons (Fsp3) is 0.929. The first-order chi connectivity index (χ1) is 7.53. The van der Waals surface area contributed by atoms with Crippen molar-refractivity contribution in [3.05, 3.63) is 0 Å². The zero-order valence-corrected chi connectivity index (χ0v) is 11.1. The van der Waals surface area contributed by atoms with E-state index in [1.165, 1.54) is 25.7 Å². The van der Waals surface area contributed by atoms with Gasteiger partial charge in [0.2, 0.25) is 0 Å². The molecule has 0 amide bonds. The van der Waals surface area contributed by atoms with Crippen LogP contribution in [0.4, 0.5) is 0 Å². The first-order valence-electron chi connectivity index (χ1n) is 6.68. The Kier molecular flexibility index (Phi) is 5.28. The van der Waals surface area contributed by atoms with Crippen LogP contribution in [0.5, 0.6) is 0 Å². The summed E-state index contributed by atoms with van der Waals surface area (Å²) in [4.78, 5) is 0. The molecule has 0 unspecified atom stereocenters. The number of nitrogens with zero attached hydrogens (tertiary/aromatic N) is 1. The molecule has 2 heteroatoms. The third kappa shape index (κ3) is 4.99. The first kappa shape index (κ1) is 13.5. The van der Waals surface area contributed by atoms with E-state index in [-0.39, 0.29) is 5.41 Å². The van der Waals surface area contributed by atoms with Crippen molar-refractivity contribution in [2.45, 2.75) is 65.3 Å². The van der Waals surface area contributed by atoms with Crippen molar-refractivity contribution < 1.29 is 0 Å². The zero-order valence-electron chi connectivity index (χ0n) is 11.1. The van der Waals surface area contributed by atoms with Crippen LogP contribution in [-0.4, -0.2) is 12.6 Å². The maximum atomic E-state index is 8.90. The second-order valence-corrected chi connectivity index (χ2v) is 6.01. The van der Waals surface area contributed by atoms with Crippen LogP contribution in [0, 0.1) is 22.7 Å². The monoisotopic (exact) mass is 222 g/mol. The van der Waals surface area contributed by atoms with E-state index in [0.717, 1.165) is 31.3 Å². The number of rotatable bonds is 5. The molecule has 1 aliphatic rings. The summed E-state index contributed by atoms with van der Waals surface area (Å²) in [6.07, 6.45) is 7.54. The van der Waals surface area contributed by atoms with E-state index in [1.54, 1.807) is 0 Å². The van der Waals surface area contributed by atoms with Gasteiger partial charge in [0.1, 0.15) is 0 Å². The maximum Gasteiger partial charge on any atom is 0.0683 e. The Morgan fingerprint density at radius 1 is 1.25 bits per heavy atom. The van der Waals surface area contributed by atoms with Crippen molar-refractivity contribution in [3.8, 4) is 6.07 Å². The minimum Gasteiger partial charge on any atom is -0.314 e. The molecule has 1 fully saturated rings. The smallest absolute Gasteiger partial charge is 0.0683 e. The van der Waals surface area contributed by atoms with Gasteiger partial charge in [0.05, 0.1) is 11.5 Å². The van der Waals surface area contributed by atoms with Gasteiger partial charge in [0.25, 0.3) is 0 Å². The van der Waals surface area contributed by atoms with Crippen molar-refractivity contribution in [1.82, 2.24) is 5.32 Å². The maximum absolute atomic E-state index is 8.90. The van der Waals surface area contributed by atoms with Gasteiger partial charge >= 0.3 is 0 Å². The Labute approximate surface area is 100 Å². The predicted octanol–water partition coefficient (Wildman–Crippen LogP) is 3.48. The largest absolute Gasteiger partial charge is 0.314 e. The molecular weight excluding hydrogens is 196 g/mol. The quantitative estimate of drug-likeness (QED) is 0.723. The molecule has 0 aromatic carbocycles. The predicted molar refractivity (Wildman–Crippen MR) is 68.1 cm³/mol. The highest BCUT2D eigenvalue weighted by atomic mass is 14.9. The Balaban J connectivity index is 2.06. The molecule has 1 saturated carbocycles. The Hall–Kier alpha value is -0.550. The van der Waals surface area contributed by atoms with E-state index in [9.17, 15) is 0 Å². The normalized spacial score (nSPS) is 26.4. The third-order valence-electron chi connectivity index (χ3n) is 3.73. The van der Waals surface area contributed by atoms with E-state index in [2.05, 4.69) is 18.3 Å². The van der Waals surface area contributed by atoms with E-state index >= 15 is 0 Å². The molecule has 0 heterocycles. The lowest BCUT2D eigenvalue weighted by Gasteiger charge is -2.27. The summed E-state index contributed by atoms with van der Waals surface area (Å²) in [5.74, 6) is 0.926. The van der Waals surface area contributed by atoms with Crippen LogP contribution in [0.25, 0.3) is 0 Å². The Morgan fingerprint density at radius 3 is 2.44 bits per heavy atom. The van der Waals surface area contributed by atoms with Crippen molar-refractivity contribution >= 4 is 0 Å². The fourth-order valence-electron chi connectivity index (χ4n) is 2.36. The lowest BCUT2D eigenvalue weighted by atomic mass is 9.87. The topological polar surface area (TPSA) is 35.8 Å². The average Bonchev–Trinajstić information content (AvgIpc) is 2.27. The molecule has 0 atom stereocenters. The highest BCUT2D eigenvalue weighted by Crippen LogP contribution is 2.24. The SMILES string of the molecule is CC1CCC(NCCCC(C)(C)C#N)CC1. The summed E-state index contributed by atoms with van der Waals surface area (Å²) in [6, 6.07) is 3.10. The number of hydrogen-bond acceptors (Lipinski definition) is 2. The molecule has 1 N–H and O–H groups in total. The first-order valence-corrected chi connectivity index (χ1v) is 6.68. The summed E-state index contributed by atoms with van der Waals surface area (Å²) >= 11 is 0. The lowest BCUT2D eigenvalue weighted by Crippen LogP contribution is -2.33. The molecule has 2 nitrogen and oxygen atoms in total. The fourth-order valence-corrected chi connectivity index (χ4v) is 2.36. The van der Waals surface area contributed by atoms with Crippen molar-refractivity contribution in [2.24, 2.45) is 11.3 Å².